The maximum atomic E-state index is 12.3. The van der Waals surface area contributed by atoms with Gasteiger partial charge < -0.3 is 10.6 Å². The Hall–Kier alpha value is -3.98. The molecule has 0 atom stereocenters. The molecule has 160 valence electrons. The molecule has 0 radical (unpaired) electrons. The van der Waals surface area contributed by atoms with E-state index in [0.717, 1.165) is 16.9 Å². The SMILES string of the molecule is CC(=O)Nc1cccc(NC(=O)CSc2ccc(-c3ccc(-n4cccn4)cc3)nn2)c1. The van der Waals surface area contributed by atoms with E-state index < -0.39 is 0 Å². The van der Waals surface area contributed by atoms with Crippen LogP contribution < -0.4 is 10.6 Å². The molecule has 0 aliphatic carbocycles. The molecule has 0 saturated carbocycles. The molecule has 9 heteroatoms. The van der Waals surface area contributed by atoms with Crippen molar-refractivity contribution in [2.45, 2.75) is 11.9 Å². The van der Waals surface area contributed by atoms with Crippen LogP contribution in [0.1, 0.15) is 6.92 Å². The maximum absolute atomic E-state index is 12.3. The highest BCUT2D eigenvalue weighted by molar-refractivity contribution is 7.99. The largest absolute Gasteiger partial charge is 0.326 e. The van der Waals surface area contributed by atoms with Gasteiger partial charge in [-0.25, -0.2) is 4.68 Å². The van der Waals surface area contributed by atoms with Gasteiger partial charge in [0.25, 0.3) is 0 Å². The highest BCUT2D eigenvalue weighted by atomic mass is 32.2. The second kappa shape index (κ2) is 9.88. The Balaban J connectivity index is 1.32. The predicted octanol–water partition coefficient (Wildman–Crippen LogP) is 4.02. The van der Waals surface area contributed by atoms with Crippen LogP contribution in [0.25, 0.3) is 16.9 Å². The molecule has 32 heavy (non-hydrogen) atoms. The molecule has 4 rings (SSSR count). The van der Waals surface area contributed by atoms with Gasteiger partial charge in [0.05, 0.1) is 17.1 Å². The predicted molar refractivity (Wildman–Crippen MR) is 125 cm³/mol. The number of rotatable bonds is 7. The quantitative estimate of drug-likeness (QED) is 0.418. The van der Waals surface area contributed by atoms with Crippen molar-refractivity contribution in [2.24, 2.45) is 0 Å². The molecule has 0 bridgehead atoms. The molecule has 4 aromatic rings. The molecule has 0 fully saturated rings. The molecule has 0 saturated heterocycles. The minimum atomic E-state index is -0.171. The van der Waals surface area contributed by atoms with Gasteiger partial charge in [0.1, 0.15) is 5.03 Å². The first-order valence-corrected chi connectivity index (χ1v) is 10.8. The molecule has 2 aromatic heterocycles. The number of carbonyl (C=O) groups excluding carboxylic acids is 2. The van der Waals surface area contributed by atoms with Gasteiger partial charge in [-0.15, -0.1) is 10.2 Å². The summed E-state index contributed by atoms with van der Waals surface area (Å²) in [6, 6.07) is 20.5. The summed E-state index contributed by atoms with van der Waals surface area (Å²) in [4.78, 5) is 23.4. The topological polar surface area (TPSA) is 102 Å². The molecule has 0 aliphatic heterocycles. The third-order valence-electron chi connectivity index (χ3n) is 4.39. The monoisotopic (exact) mass is 444 g/mol. The summed E-state index contributed by atoms with van der Waals surface area (Å²) in [5, 5.41) is 18.9. The second-order valence-electron chi connectivity index (χ2n) is 6.85. The number of benzene rings is 2. The van der Waals surface area contributed by atoms with Gasteiger partial charge in [0.15, 0.2) is 0 Å². The average molecular weight is 445 g/mol. The van der Waals surface area contributed by atoms with Crippen LogP contribution >= 0.6 is 11.8 Å². The van der Waals surface area contributed by atoms with Crippen molar-refractivity contribution >= 4 is 35.0 Å². The van der Waals surface area contributed by atoms with Crippen molar-refractivity contribution in [3.63, 3.8) is 0 Å². The Bertz CT molecular complexity index is 1210. The molecule has 8 nitrogen and oxygen atoms in total. The lowest BCUT2D eigenvalue weighted by molar-refractivity contribution is -0.114. The molecule has 0 aliphatic rings. The van der Waals surface area contributed by atoms with Crippen molar-refractivity contribution in [1.29, 1.82) is 0 Å². The van der Waals surface area contributed by atoms with Gasteiger partial charge in [-0.05, 0) is 48.5 Å². The van der Waals surface area contributed by atoms with Gasteiger partial charge in [-0.1, -0.05) is 30.0 Å². The molecular weight excluding hydrogens is 424 g/mol. The smallest absolute Gasteiger partial charge is 0.234 e. The van der Waals surface area contributed by atoms with E-state index in [0.29, 0.717) is 16.4 Å². The third kappa shape index (κ3) is 5.58. The fourth-order valence-electron chi connectivity index (χ4n) is 2.97. The van der Waals surface area contributed by atoms with E-state index in [1.165, 1.54) is 18.7 Å². The van der Waals surface area contributed by atoms with E-state index in [4.69, 9.17) is 0 Å². The average Bonchev–Trinajstić information content (AvgIpc) is 3.33. The number of hydrogen-bond acceptors (Lipinski definition) is 6. The number of thioether (sulfide) groups is 1. The lowest BCUT2D eigenvalue weighted by Crippen LogP contribution is -2.14. The van der Waals surface area contributed by atoms with Gasteiger partial charge in [-0.2, -0.15) is 5.10 Å². The molecule has 0 unspecified atom stereocenters. The van der Waals surface area contributed by atoms with E-state index in [9.17, 15) is 9.59 Å². The molecule has 2 heterocycles. The Morgan fingerprint density at radius 1 is 0.938 bits per heavy atom. The van der Waals surface area contributed by atoms with Crippen LogP contribution in [0.3, 0.4) is 0 Å². The molecule has 2 amide bonds. The number of nitrogens with one attached hydrogen (secondary N) is 2. The minimum absolute atomic E-state index is 0.167. The van der Waals surface area contributed by atoms with Crippen LogP contribution in [0.2, 0.25) is 0 Å². The van der Waals surface area contributed by atoms with Crippen molar-refractivity contribution in [1.82, 2.24) is 20.0 Å². The lowest BCUT2D eigenvalue weighted by atomic mass is 10.1. The van der Waals surface area contributed by atoms with Gasteiger partial charge in [-0.3, -0.25) is 9.59 Å². The number of nitrogens with zero attached hydrogens (tertiary/aromatic N) is 4. The van der Waals surface area contributed by atoms with Gasteiger partial charge in [0.2, 0.25) is 11.8 Å². The Morgan fingerprint density at radius 3 is 2.38 bits per heavy atom. The zero-order valence-corrected chi connectivity index (χ0v) is 18.0. The Kier molecular flexibility index (Phi) is 6.57. The van der Waals surface area contributed by atoms with E-state index in [2.05, 4.69) is 25.9 Å². The number of aromatic nitrogens is 4. The highest BCUT2D eigenvalue weighted by Crippen LogP contribution is 2.22. The minimum Gasteiger partial charge on any atom is -0.326 e. The summed E-state index contributed by atoms with van der Waals surface area (Å²) in [7, 11) is 0. The molecule has 2 N–H and O–H groups in total. The lowest BCUT2D eigenvalue weighted by Gasteiger charge is -2.08. The van der Waals surface area contributed by atoms with Gasteiger partial charge in [0, 0.05) is 36.3 Å². The Morgan fingerprint density at radius 2 is 1.72 bits per heavy atom. The van der Waals surface area contributed by atoms with Crippen LogP contribution in [0.5, 0.6) is 0 Å². The van der Waals surface area contributed by atoms with Crippen LogP contribution in [0, 0.1) is 0 Å². The van der Waals surface area contributed by atoms with Gasteiger partial charge >= 0.3 is 0 Å². The van der Waals surface area contributed by atoms with E-state index in [-0.39, 0.29) is 17.6 Å². The van der Waals surface area contributed by atoms with Crippen molar-refractivity contribution in [3.05, 3.63) is 79.1 Å². The second-order valence-corrected chi connectivity index (χ2v) is 7.85. The van der Waals surface area contributed by atoms with Crippen LogP contribution in [0.4, 0.5) is 11.4 Å². The zero-order valence-electron chi connectivity index (χ0n) is 17.2. The first-order chi connectivity index (χ1) is 15.6. The summed E-state index contributed by atoms with van der Waals surface area (Å²) >= 11 is 1.30. The van der Waals surface area contributed by atoms with Crippen LogP contribution in [-0.2, 0) is 9.59 Å². The van der Waals surface area contributed by atoms with Crippen molar-refractivity contribution in [2.75, 3.05) is 16.4 Å². The molecular formula is C23H20N6O2S. The zero-order chi connectivity index (χ0) is 22.3. The molecule has 0 spiro atoms. The van der Waals surface area contributed by atoms with Crippen molar-refractivity contribution in [3.8, 4) is 16.9 Å². The fourth-order valence-corrected chi connectivity index (χ4v) is 3.59. The number of hydrogen-bond donors (Lipinski definition) is 2. The summed E-state index contributed by atoms with van der Waals surface area (Å²) in [6.45, 7) is 1.44. The number of anilines is 2. The van der Waals surface area contributed by atoms with Crippen LogP contribution in [0.15, 0.2) is 84.1 Å². The van der Waals surface area contributed by atoms with E-state index in [1.54, 1.807) is 35.1 Å². The fraction of sp³-hybridized carbons (Fsp3) is 0.0870. The highest BCUT2D eigenvalue weighted by Gasteiger charge is 2.07. The maximum Gasteiger partial charge on any atom is 0.234 e. The first-order valence-electron chi connectivity index (χ1n) is 9.81. The van der Waals surface area contributed by atoms with E-state index >= 15 is 0 Å². The summed E-state index contributed by atoms with van der Waals surface area (Å²) < 4.78 is 1.79. The Labute approximate surface area is 189 Å². The summed E-state index contributed by atoms with van der Waals surface area (Å²) in [5.41, 5.74) is 3.90. The summed E-state index contributed by atoms with van der Waals surface area (Å²) in [6.07, 6.45) is 3.62. The molecule has 2 aromatic carbocycles. The normalized spacial score (nSPS) is 10.5. The number of carbonyl (C=O) groups is 2. The third-order valence-corrected chi connectivity index (χ3v) is 5.31. The standard InChI is InChI=1S/C23H20N6O2S/c1-16(30)25-18-4-2-5-19(14-18)26-22(31)15-32-23-11-10-21(27-28-23)17-6-8-20(9-7-17)29-13-3-12-24-29/h2-14H,15H2,1H3,(H,25,30)(H,26,31). The number of amides is 2. The van der Waals surface area contributed by atoms with E-state index in [1.807, 2.05) is 48.7 Å². The van der Waals surface area contributed by atoms with Crippen molar-refractivity contribution < 1.29 is 9.59 Å². The first kappa shape index (κ1) is 21.3. The van der Waals surface area contributed by atoms with Crippen LogP contribution in [-0.4, -0.2) is 37.5 Å². The summed E-state index contributed by atoms with van der Waals surface area (Å²) in [5.74, 6) is -0.147.